The quantitative estimate of drug-likeness (QED) is 0.551. The van der Waals surface area contributed by atoms with Gasteiger partial charge >= 0.3 is 0 Å². The summed E-state index contributed by atoms with van der Waals surface area (Å²) in [5.74, 6) is 0.601. The van der Waals surface area contributed by atoms with Crippen molar-refractivity contribution in [2.45, 2.75) is 38.3 Å². The first-order chi connectivity index (χ1) is 8.38. The molecule has 0 unspecified atom stereocenters. The van der Waals surface area contributed by atoms with Crippen molar-refractivity contribution in [3.8, 4) is 5.88 Å². The van der Waals surface area contributed by atoms with E-state index in [-0.39, 0.29) is 0 Å². The fraction of sp³-hybridized carbons (Fsp3) is 0.538. The van der Waals surface area contributed by atoms with Gasteiger partial charge in [-0.2, -0.15) is 5.10 Å². The number of nitrogens with one attached hydrogen (secondary N) is 1. The van der Waals surface area contributed by atoms with Crippen molar-refractivity contribution in [1.82, 2.24) is 15.5 Å². The zero-order valence-electron chi connectivity index (χ0n) is 10.1. The van der Waals surface area contributed by atoms with Crippen LogP contribution in [0.3, 0.4) is 0 Å². The van der Waals surface area contributed by atoms with Gasteiger partial charge in [0, 0.05) is 18.7 Å². The SMILES string of the molecule is C=CCCCOc1ccc(CNC2CC2)nn1. The first kappa shape index (κ1) is 12.0. The van der Waals surface area contributed by atoms with Crippen molar-refractivity contribution in [2.24, 2.45) is 0 Å². The van der Waals surface area contributed by atoms with Crippen molar-refractivity contribution in [2.75, 3.05) is 6.61 Å². The molecule has 0 bridgehead atoms. The van der Waals surface area contributed by atoms with Crippen LogP contribution in [-0.2, 0) is 6.54 Å². The monoisotopic (exact) mass is 233 g/mol. The van der Waals surface area contributed by atoms with Crippen LogP contribution in [-0.4, -0.2) is 22.8 Å². The van der Waals surface area contributed by atoms with Crippen LogP contribution in [0.2, 0.25) is 0 Å². The molecule has 0 amide bonds. The molecule has 4 heteroatoms. The lowest BCUT2D eigenvalue weighted by atomic mass is 10.3. The Kier molecular flexibility index (Phi) is 4.50. The highest BCUT2D eigenvalue weighted by Gasteiger charge is 2.20. The minimum atomic E-state index is 0.601. The summed E-state index contributed by atoms with van der Waals surface area (Å²) in [5, 5.41) is 11.6. The second kappa shape index (κ2) is 6.35. The minimum Gasteiger partial charge on any atom is -0.477 e. The highest BCUT2D eigenvalue weighted by Crippen LogP contribution is 2.19. The predicted molar refractivity (Wildman–Crippen MR) is 66.8 cm³/mol. The largest absolute Gasteiger partial charge is 0.477 e. The Morgan fingerprint density at radius 1 is 1.41 bits per heavy atom. The molecule has 92 valence electrons. The van der Waals surface area contributed by atoms with Crippen molar-refractivity contribution < 1.29 is 4.74 Å². The minimum absolute atomic E-state index is 0.601. The molecule has 0 aromatic carbocycles. The highest BCUT2D eigenvalue weighted by molar-refractivity contribution is 5.11. The van der Waals surface area contributed by atoms with Crippen LogP contribution in [0.4, 0.5) is 0 Å². The molecule has 0 atom stereocenters. The standard InChI is InChI=1S/C13H19N3O/c1-2-3-4-9-17-13-8-7-12(15-16-13)10-14-11-5-6-11/h2,7-8,11,14H,1,3-6,9-10H2. The summed E-state index contributed by atoms with van der Waals surface area (Å²) in [7, 11) is 0. The molecule has 1 fully saturated rings. The van der Waals surface area contributed by atoms with Crippen LogP contribution in [0.15, 0.2) is 24.8 Å². The van der Waals surface area contributed by atoms with Gasteiger partial charge in [-0.25, -0.2) is 0 Å². The molecule has 0 aliphatic heterocycles. The number of allylic oxidation sites excluding steroid dienone is 1. The fourth-order valence-electron chi connectivity index (χ4n) is 1.46. The average Bonchev–Trinajstić information content (AvgIpc) is 3.18. The Hall–Kier alpha value is -1.42. The lowest BCUT2D eigenvalue weighted by molar-refractivity contribution is 0.296. The molecule has 1 heterocycles. The molecule has 0 radical (unpaired) electrons. The van der Waals surface area contributed by atoms with E-state index in [1.807, 2.05) is 18.2 Å². The molecule has 0 saturated heterocycles. The molecule has 1 N–H and O–H groups in total. The number of nitrogens with zero attached hydrogens (tertiary/aromatic N) is 2. The molecule has 2 rings (SSSR count). The zero-order chi connectivity index (χ0) is 11.9. The highest BCUT2D eigenvalue weighted by atomic mass is 16.5. The third-order valence-corrected chi connectivity index (χ3v) is 2.65. The number of unbranched alkanes of at least 4 members (excludes halogenated alkanes) is 1. The summed E-state index contributed by atoms with van der Waals surface area (Å²) in [4.78, 5) is 0. The summed E-state index contributed by atoms with van der Waals surface area (Å²) >= 11 is 0. The molecule has 17 heavy (non-hydrogen) atoms. The van der Waals surface area contributed by atoms with E-state index >= 15 is 0 Å². The lowest BCUT2D eigenvalue weighted by Gasteiger charge is -2.05. The molecule has 1 aromatic heterocycles. The number of hydrogen-bond donors (Lipinski definition) is 1. The average molecular weight is 233 g/mol. The smallest absolute Gasteiger partial charge is 0.233 e. The normalized spacial score (nSPS) is 14.6. The van der Waals surface area contributed by atoms with Crippen LogP contribution < -0.4 is 10.1 Å². The van der Waals surface area contributed by atoms with Gasteiger partial charge in [0.25, 0.3) is 0 Å². The molecular formula is C13H19N3O. The molecule has 1 aliphatic rings. The van der Waals surface area contributed by atoms with Crippen molar-refractivity contribution in [3.63, 3.8) is 0 Å². The number of aromatic nitrogens is 2. The van der Waals surface area contributed by atoms with Crippen LogP contribution >= 0.6 is 0 Å². The maximum atomic E-state index is 5.46. The first-order valence-corrected chi connectivity index (χ1v) is 6.18. The van der Waals surface area contributed by atoms with Gasteiger partial charge < -0.3 is 10.1 Å². The molecule has 0 spiro atoms. The van der Waals surface area contributed by atoms with Crippen molar-refractivity contribution >= 4 is 0 Å². The first-order valence-electron chi connectivity index (χ1n) is 6.18. The number of ether oxygens (including phenoxy) is 1. The van der Waals surface area contributed by atoms with Crippen LogP contribution in [0.1, 0.15) is 31.4 Å². The lowest BCUT2D eigenvalue weighted by Crippen LogP contribution is -2.16. The maximum Gasteiger partial charge on any atom is 0.233 e. The second-order valence-electron chi connectivity index (χ2n) is 4.30. The van der Waals surface area contributed by atoms with Gasteiger partial charge in [0.05, 0.1) is 12.3 Å². The van der Waals surface area contributed by atoms with Gasteiger partial charge in [0.1, 0.15) is 0 Å². The van der Waals surface area contributed by atoms with Gasteiger partial charge in [-0.15, -0.1) is 11.7 Å². The van der Waals surface area contributed by atoms with Crippen LogP contribution in [0.5, 0.6) is 5.88 Å². The van der Waals surface area contributed by atoms with Crippen LogP contribution in [0.25, 0.3) is 0 Å². The van der Waals surface area contributed by atoms with Gasteiger partial charge in [-0.1, -0.05) is 6.08 Å². The summed E-state index contributed by atoms with van der Waals surface area (Å²) in [6, 6.07) is 4.54. The predicted octanol–water partition coefficient (Wildman–Crippen LogP) is 2.07. The van der Waals surface area contributed by atoms with E-state index in [0.29, 0.717) is 18.5 Å². The third-order valence-electron chi connectivity index (χ3n) is 2.65. The Morgan fingerprint density at radius 2 is 2.29 bits per heavy atom. The molecule has 4 nitrogen and oxygen atoms in total. The topological polar surface area (TPSA) is 47.0 Å². The van der Waals surface area contributed by atoms with E-state index in [4.69, 9.17) is 4.74 Å². The summed E-state index contributed by atoms with van der Waals surface area (Å²) in [6.07, 6.45) is 6.41. The molecule has 1 aliphatic carbocycles. The van der Waals surface area contributed by atoms with Crippen molar-refractivity contribution in [3.05, 3.63) is 30.5 Å². The molecule has 1 aromatic rings. The van der Waals surface area contributed by atoms with Crippen molar-refractivity contribution in [1.29, 1.82) is 0 Å². The van der Waals surface area contributed by atoms with E-state index in [0.717, 1.165) is 25.1 Å². The number of rotatable bonds is 8. The fourth-order valence-corrected chi connectivity index (χ4v) is 1.46. The Morgan fingerprint density at radius 3 is 2.94 bits per heavy atom. The van der Waals surface area contributed by atoms with Crippen LogP contribution in [0, 0.1) is 0 Å². The number of hydrogen-bond acceptors (Lipinski definition) is 4. The second-order valence-corrected chi connectivity index (χ2v) is 4.30. The summed E-state index contributed by atoms with van der Waals surface area (Å²) in [5.41, 5.74) is 0.968. The molecule has 1 saturated carbocycles. The summed E-state index contributed by atoms with van der Waals surface area (Å²) < 4.78 is 5.46. The maximum absolute atomic E-state index is 5.46. The Balaban J connectivity index is 1.70. The van der Waals surface area contributed by atoms with Gasteiger partial charge in [-0.05, 0) is 31.7 Å². The van der Waals surface area contributed by atoms with E-state index < -0.39 is 0 Å². The van der Waals surface area contributed by atoms with E-state index in [1.165, 1.54) is 12.8 Å². The van der Waals surface area contributed by atoms with Gasteiger partial charge in [-0.3, -0.25) is 0 Å². The van der Waals surface area contributed by atoms with E-state index in [2.05, 4.69) is 22.1 Å². The van der Waals surface area contributed by atoms with Gasteiger partial charge in [0.15, 0.2) is 0 Å². The Labute approximate surface area is 102 Å². The van der Waals surface area contributed by atoms with E-state index in [9.17, 15) is 0 Å². The third kappa shape index (κ3) is 4.53. The van der Waals surface area contributed by atoms with Gasteiger partial charge in [0.2, 0.25) is 5.88 Å². The summed E-state index contributed by atoms with van der Waals surface area (Å²) in [6.45, 7) is 5.13. The van der Waals surface area contributed by atoms with E-state index in [1.54, 1.807) is 0 Å². The Bertz CT molecular complexity index is 346. The molecular weight excluding hydrogens is 214 g/mol. The zero-order valence-corrected chi connectivity index (χ0v) is 10.1.